The fraction of sp³-hybridized carbons (Fsp3) is 0.929. The van der Waals surface area contributed by atoms with Crippen molar-refractivity contribution >= 4 is 5.96 Å². The van der Waals surface area contributed by atoms with Crippen molar-refractivity contribution < 1.29 is 4.74 Å². The van der Waals surface area contributed by atoms with E-state index in [1.807, 2.05) is 0 Å². The van der Waals surface area contributed by atoms with E-state index in [9.17, 15) is 0 Å². The smallest absolute Gasteiger partial charge is 0.191 e. The summed E-state index contributed by atoms with van der Waals surface area (Å²) >= 11 is 0. The second-order valence-corrected chi connectivity index (χ2v) is 6.64. The molecule has 1 aliphatic heterocycles. The van der Waals surface area contributed by atoms with Crippen molar-refractivity contribution in [2.75, 3.05) is 13.1 Å². The van der Waals surface area contributed by atoms with Crippen LogP contribution in [0.1, 0.15) is 47.0 Å². The molecule has 1 aliphatic carbocycles. The monoisotopic (exact) mass is 253 g/mol. The highest BCUT2D eigenvalue weighted by Crippen LogP contribution is 2.34. The van der Waals surface area contributed by atoms with Crippen LogP contribution in [0.25, 0.3) is 0 Å². The number of hydrogen-bond acceptors (Lipinski definition) is 4. The van der Waals surface area contributed by atoms with Gasteiger partial charge in [-0.05, 0) is 52.9 Å². The van der Waals surface area contributed by atoms with Crippen molar-refractivity contribution in [3.8, 4) is 0 Å². The summed E-state index contributed by atoms with van der Waals surface area (Å²) in [4.78, 5) is 4.39. The predicted molar refractivity (Wildman–Crippen MR) is 74.9 cm³/mol. The lowest BCUT2D eigenvalue weighted by molar-refractivity contribution is -0.112. The molecular weight excluding hydrogens is 226 g/mol. The van der Waals surface area contributed by atoms with Crippen LogP contribution < -0.4 is 10.6 Å². The maximum absolute atomic E-state index is 5.94. The molecule has 2 aliphatic rings. The minimum Gasteiger partial charge on any atom is -0.373 e. The molecule has 1 heterocycles. The Labute approximate surface area is 111 Å². The first kappa shape index (κ1) is 13.7. The highest BCUT2D eigenvalue weighted by molar-refractivity contribution is 5.81. The Hall–Kier alpha value is -0.770. The van der Waals surface area contributed by atoms with Crippen molar-refractivity contribution in [2.24, 2.45) is 10.9 Å². The molecule has 1 saturated carbocycles. The van der Waals surface area contributed by atoms with Gasteiger partial charge in [-0.15, -0.1) is 0 Å². The van der Waals surface area contributed by atoms with E-state index in [2.05, 4.69) is 43.3 Å². The third-order valence-corrected chi connectivity index (χ3v) is 3.46. The maximum Gasteiger partial charge on any atom is 0.191 e. The molecule has 0 aromatic rings. The lowest BCUT2D eigenvalue weighted by Gasteiger charge is -2.39. The summed E-state index contributed by atoms with van der Waals surface area (Å²) in [6.07, 6.45) is 4.14. The molecule has 0 aromatic heterocycles. The molecule has 2 N–H and O–H groups in total. The molecule has 2 rings (SSSR count). The van der Waals surface area contributed by atoms with Crippen molar-refractivity contribution in [3.63, 3.8) is 0 Å². The molecule has 1 atom stereocenters. The molecule has 1 fully saturated rings. The fourth-order valence-corrected chi connectivity index (χ4v) is 2.56. The Bertz CT molecular complexity index is 303. The Kier molecular flexibility index (Phi) is 4.15. The van der Waals surface area contributed by atoms with Gasteiger partial charge in [0.1, 0.15) is 0 Å². The van der Waals surface area contributed by atoms with E-state index in [1.54, 1.807) is 0 Å². The molecule has 104 valence electrons. The molecule has 1 unspecified atom stereocenters. The summed E-state index contributed by atoms with van der Waals surface area (Å²) in [6, 6.07) is 0.487. The molecule has 0 spiro atoms. The zero-order valence-electron chi connectivity index (χ0n) is 12.1. The van der Waals surface area contributed by atoms with E-state index in [4.69, 9.17) is 4.74 Å². The molecule has 4 nitrogen and oxygen atoms in total. The summed E-state index contributed by atoms with van der Waals surface area (Å²) < 4.78 is 5.94. The molecule has 0 aromatic carbocycles. The summed E-state index contributed by atoms with van der Waals surface area (Å²) in [7, 11) is 0. The number of rotatable bonds is 4. The molecule has 0 radical (unpaired) electrons. The van der Waals surface area contributed by atoms with Gasteiger partial charge >= 0.3 is 0 Å². The minimum absolute atomic E-state index is 0.00647. The van der Waals surface area contributed by atoms with Gasteiger partial charge in [-0.1, -0.05) is 0 Å². The van der Waals surface area contributed by atoms with Crippen LogP contribution in [-0.4, -0.2) is 36.8 Å². The Balaban J connectivity index is 1.53. The van der Waals surface area contributed by atoms with E-state index in [0.29, 0.717) is 12.1 Å². The predicted octanol–water partition coefficient (Wildman–Crippen LogP) is 1.91. The number of aliphatic imine (C=N–C) groups is 1. The Morgan fingerprint density at radius 2 is 2.11 bits per heavy atom. The van der Waals surface area contributed by atoms with Crippen molar-refractivity contribution in [1.29, 1.82) is 0 Å². The lowest BCUT2D eigenvalue weighted by Crippen LogP contribution is -2.41. The van der Waals surface area contributed by atoms with E-state index in [1.165, 1.54) is 19.3 Å². The van der Waals surface area contributed by atoms with Gasteiger partial charge in [0, 0.05) is 12.6 Å². The molecule has 0 saturated heterocycles. The average molecular weight is 253 g/mol. The standard InChI is InChI=1S/C14H27N3O/c1-10-9-16-13(17-10)15-6-5-11-7-12(8-11)18-14(2,3)4/h10-12H,5-9H2,1-4H3,(H2,15,16,17). The molecular formula is C14H27N3O. The molecule has 4 heteroatoms. The number of nitrogens with zero attached hydrogens (tertiary/aromatic N) is 1. The van der Waals surface area contributed by atoms with Gasteiger partial charge in [0.2, 0.25) is 0 Å². The van der Waals surface area contributed by atoms with Gasteiger partial charge in [-0.25, -0.2) is 0 Å². The van der Waals surface area contributed by atoms with Crippen LogP contribution in [0.4, 0.5) is 0 Å². The third-order valence-electron chi connectivity index (χ3n) is 3.46. The van der Waals surface area contributed by atoms with Crippen LogP contribution in [0.15, 0.2) is 4.99 Å². The van der Waals surface area contributed by atoms with Gasteiger partial charge in [0.15, 0.2) is 5.96 Å². The number of guanidine groups is 1. The Morgan fingerprint density at radius 3 is 2.67 bits per heavy atom. The van der Waals surface area contributed by atoms with Crippen molar-refractivity contribution in [2.45, 2.75) is 64.7 Å². The number of hydrogen-bond donors (Lipinski definition) is 2. The van der Waals surface area contributed by atoms with Crippen LogP contribution in [0.3, 0.4) is 0 Å². The highest BCUT2D eigenvalue weighted by Gasteiger charge is 2.32. The van der Waals surface area contributed by atoms with Gasteiger partial charge in [-0.3, -0.25) is 4.99 Å². The quantitative estimate of drug-likeness (QED) is 0.804. The fourth-order valence-electron chi connectivity index (χ4n) is 2.56. The average Bonchev–Trinajstić information content (AvgIpc) is 2.58. The second kappa shape index (κ2) is 5.47. The molecule has 18 heavy (non-hydrogen) atoms. The summed E-state index contributed by atoms with van der Waals surface area (Å²) in [5, 5.41) is 6.69. The topological polar surface area (TPSA) is 45.7 Å². The van der Waals surface area contributed by atoms with E-state index >= 15 is 0 Å². The molecule has 0 amide bonds. The summed E-state index contributed by atoms with van der Waals surface area (Å²) in [6.45, 7) is 10.5. The first-order chi connectivity index (χ1) is 8.42. The Morgan fingerprint density at radius 1 is 1.39 bits per heavy atom. The van der Waals surface area contributed by atoms with Crippen LogP contribution in [0, 0.1) is 5.92 Å². The van der Waals surface area contributed by atoms with Crippen LogP contribution in [0.5, 0.6) is 0 Å². The van der Waals surface area contributed by atoms with Crippen molar-refractivity contribution in [3.05, 3.63) is 0 Å². The second-order valence-electron chi connectivity index (χ2n) is 6.64. The van der Waals surface area contributed by atoms with E-state index in [-0.39, 0.29) is 5.60 Å². The SMILES string of the molecule is CC1CN=C(NCCC2CC(OC(C)(C)C)C2)N1. The van der Waals surface area contributed by atoms with E-state index in [0.717, 1.165) is 25.0 Å². The summed E-state index contributed by atoms with van der Waals surface area (Å²) in [5.74, 6) is 1.80. The number of ether oxygens (including phenoxy) is 1. The van der Waals surface area contributed by atoms with E-state index < -0.39 is 0 Å². The zero-order chi connectivity index (χ0) is 13.2. The third kappa shape index (κ3) is 4.16. The van der Waals surface area contributed by atoms with Gasteiger partial charge in [0.25, 0.3) is 0 Å². The van der Waals surface area contributed by atoms with Gasteiger partial charge < -0.3 is 15.4 Å². The van der Waals surface area contributed by atoms with Crippen molar-refractivity contribution in [1.82, 2.24) is 10.6 Å². The maximum atomic E-state index is 5.94. The minimum atomic E-state index is 0.00647. The first-order valence-corrected chi connectivity index (χ1v) is 7.15. The van der Waals surface area contributed by atoms with Crippen LogP contribution >= 0.6 is 0 Å². The first-order valence-electron chi connectivity index (χ1n) is 7.15. The zero-order valence-corrected chi connectivity index (χ0v) is 12.1. The molecule has 0 bridgehead atoms. The normalized spacial score (nSPS) is 31.6. The largest absolute Gasteiger partial charge is 0.373 e. The highest BCUT2D eigenvalue weighted by atomic mass is 16.5. The van der Waals surface area contributed by atoms with Crippen LogP contribution in [-0.2, 0) is 4.74 Å². The van der Waals surface area contributed by atoms with Crippen LogP contribution in [0.2, 0.25) is 0 Å². The van der Waals surface area contributed by atoms with Gasteiger partial charge in [0.05, 0.1) is 18.2 Å². The summed E-state index contributed by atoms with van der Waals surface area (Å²) in [5.41, 5.74) is 0.00647. The lowest BCUT2D eigenvalue weighted by atomic mass is 9.79. The number of nitrogens with one attached hydrogen (secondary N) is 2. The van der Waals surface area contributed by atoms with Gasteiger partial charge in [-0.2, -0.15) is 0 Å².